The normalized spacial score (nSPS) is 40.2. The molecule has 0 aromatic heterocycles. The second kappa shape index (κ2) is 4.34. The average molecular weight is 192 g/mol. The van der Waals surface area contributed by atoms with Gasteiger partial charge in [-0.15, -0.1) is 0 Å². The molecule has 0 amide bonds. The van der Waals surface area contributed by atoms with Gasteiger partial charge in [-0.1, -0.05) is 0 Å². The Morgan fingerprint density at radius 1 is 1.23 bits per heavy atom. The largest absolute Gasteiger partial charge is 0.387 e. The highest BCUT2D eigenvalue weighted by Crippen LogP contribution is 2.19. The third kappa shape index (κ3) is 2.62. The third-order valence-electron chi connectivity index (χ3n) is 1.93. The van der Waals surface area contributed by atoms with E-state index in [9.17, 15) is 5.11 Å². The molecule has 0 aliphatic carbocycles. The highest BCUT2D eigenvalue weighted by atomic mass is 16.7. The molecule has 0 bridgehead atoms. The van der Waals surface area contributed by atoms with E-state index in [-0.39, 0.29) is 12.7 Å². The summed E-state index contributed by atoms with van der Waals surface area (Å²) in [4.78, 5) is 0. The van der Waals surface area contributed by atoms with E-state index in [1.165, 1.54) is 0 Å². The summed E-state index contributed by atoms with van der Waals surface area (Å²) in [6, 6.07) is 0. The lowest BCUT2D eigenvalue weighted by atomic mass is 10.1. The summed E-state index contributed by atoms with van der Waals surface area (Å²) in [5.41, 5.74) is 0. The molecule has 4 unspecified atom stereocenters. The van der Waals surface area contributed by atoms with E-state index in [1.54, 1.807) is 0 Å². The van der Waals surface area contributed by atoms with Gasteiger partial charge in [0.2, 0.25) is 0 Å². The lowest BCUT2D eigenvalue weighted by Gasteiger charge is -2.15. The van der Waals surface area contributed by atoms with Gasteiger partial charge in [0, 0.05) is 0 Å². The van der Waals surface area contributed by atoms with E-state index in [2.05, 4.69) is 0 Å². The number of ether oxygens (including phenoxy) is 2. The van der Waals surface area contributed by atoms with Crippen LogP contribution in [0.15, 0.2) is 0 Å². The van der Waals surface area contributed by atoms with Gasteiger partial charge in [-0.05, 0) is 13.8 Å². The Morgan fingerprint density at radius 2 is 1.85 bits per heavy atom. The Balaban J connectivity index is 2.35. The van der Waals surface area contributed by atoms with Crippen molar-refractivity contribution in [1.29, 1.82) is 0 Å². The molecule has 1 saturated heterocycles. The summed E-state index contributed by atoms with van der Waals surface area (Å²) >= 11 is 0. The zero-order valence-corrected chi connectivity index (χ0v) is 7.75. The fourth-order valence-corrected chi connectivity index (χ4v) is 1.15. The second-order valence-electron chi connectivity index (χ2n) is 3.43. The van der Waals surface area contributed by atoms with Crippen LogP contribution >= 0.6 is 0 Å². The number of rotatable bonds is 3. The van der Waals surface area contributed by atoms with Gasteiger partial charge in [0.25, 0.3) is 0 Å². The third-order valence-corrected chi connectivity index (χ3v) is 1.93. The van der Waals surface area contributed by atoms with Crippen LogP contribution in [-0.2, 0) is 9.47 Å². The maximum atomic E-state index is 9.33. The summed E-state index contributed by atoms with van der Waals surface area (Å²) in [5, 5.41) is 27.5. The zero-order valence-electron chi connectivity index (χ0n) is 7.75. The lowest BCUT2D eigenvalue weighted by Crippen LogP contribution is -2.34. The molecule has 0 aromatic rings. The Labute approximate surface area is 76.9 Å². The SMILES string of the molecule is CC(C)OCC1OC(O)C(O)C1O. The van der Waals surface area contributed by atoms with Crippen molar-refractivity contribution in [2.45, 2.75) is 44.6 Å². The van der Waals surface area contributed by atoms with Gasteiger partial charge in [-0.3, -0.25) is 0 Å². The molecule has 5 heteroatoms. The van der Waals surface area contributed by atoms with Gasteiger partial charge < -0.3 is 24.8 Å². The van der Waals surface area contributed by atoms with Gasteiger partial charge in [0.05, 0.1) is 12.7 Å². The number of hydrogen-bond donors (Lipinski definition) is 3. The highest BCUT2D eigenvalue weighted by molar-refractivity contribution is 4.85. The molecule has 0 aromatic carbocycles. The fraction of sp³-hybridized carbons (Fsp3) is 1.00. The summed E-state index contributed by atoms with van der Waals surface area (Å²) in [7, 11) is 0. The molecule has 0 saturated carbocycles. The molecule has 0 radical (unpaired) electrons. The van der Waals surface area contributed by atoms with E-state index in [0.717, 1.165) is 0 Å². The summed E-state index contributed by atoms with van der Waals surface area (Å²) in [6.45, 7) is 3.88. The topological polar surface area (TPSA) is 79.2 Å². The van der Waals surface area contributed by atoms with Crippen molar-refractivity contribution in [3.8, 4) is 0 Å². The van der Waals surface area contributed by atoms with E-state index in [1.807, 2.05) is 13.8 Å². The Hall–Kier alpha value is -0.200. The minimum absolute atomic E-state index is 0.0330. The molecule has 4 atom stereocenters. The summed E-state index contributed by atoms with van der Waals surface area (Å²) < 4.78 is 10.1. The molecule has 1 heterocycles. The van der Waals surface area contributed by atoms with Gasteiger partial charge >= 0.3 is 0 Å². The van der Waals surface area contributed by atoms with Gasteiger partial charge in [-0.2, -0.15) is 0 Å². The number of hydrogen-bond acceptors (Lipinski definition) is 5. The number of aliphatic hydroxyl groups is 3. The molecular weight excluding hydrogens is 176 g/mol. The van der Waals surface area contributed by atoms with Crippen molar-refractivity contribution >= 4 is 0 Å². The van der Waals surface area contributed by atoms with Crippen molar-refractivity contribution in [2.75, 3.05) is 6.61 Å². The first-order chi connectivity index (χ1) is 6.02. The Bertz CT molecular complexity index is 161. The molecule has 3 N–H and O–H groups in total. The molecule has 0 spiro atoms. The zero-order chi connectivity index (χ0) is 10.0. The van der Waals surface area contributed by atoms with Crippen molar-refractivity contribution in [3.05, 3.63) is 0 Å². The molecule has 78 valence electrons. The standard InChI is InChI=1S/C8H16O5/c1-4(2)12-3-5-6(9)7(10)8(11)13-5/h4-11H,3H2,1-2H3. The first-order valence-corrected chi connectivity index (χ1v) is 4.33. The van der Waals surface area contributed by atoms with Crippen LogP contribution in [0.5, 0.6) is 0 Å². The van der Waals surface area contributed by atoms with Crippen LogP contribution in [0.4, 0.5) is 0 Å². The van der Waals surface area contributed by atoms with Gasteiger partial charge in [-0.25, -0.2) is 0 Å². The van der Waals surface area contributed by atoms with Gasteiger partial charge in [0.1, 0.15) is 18.3 Å². The van der Waals surface area contributed by atoms with Crippen LogP contribution in [0.3, 0.4) is 0 Å². The van der Waals surface area contributed by atoms with Crippen LogP contribution in [0.2, 0.25) is 0 Å². The first-order valence-electron chi connectivity index (χ1n) is 4.33. The number of aliphatic hydroxyl groups excluding tert-OH is 3. The molecular formula is C8H16O5. The van der Waals surface area contributed by atoms with E-state index < -0.39 is 24.6 Å². The highest BCUT2D eigenvalue weighted by Gasteiger charge is 2.41. The minimum Gasteiger partial charge on any atom is -0.387 e. The molecule has 1 aliphatic heterocycles. The first kappa shape index (κ1) is 10.9. The predicted octanol–water partition coefficient (Wildman–Crippen LogP) is -1.15. The van der Waals surface area contributed by atoms with E-state index >= 15 is 0 Å². The van der Waals surface area contributed by atoms with Crippen molar-refractivity contribution in [1.82, 2.24) is 0 Å². The molecule has 1 rings (SSSR count). The van der Waals surface area contributed by atoms with Gasteiger partial charge in [0.15, 0.2) is 6.29 Å². The summed E-state index contributed by atoms with van der Waals surface area (Å²) in [6.07, 6.45) is -4.23. The molecule has 5 nitrogen and oxygen atoms in total. The molecule has 1 fully saturated rings. The lowest BCUT2D eigenvalue weighted by molar-refractivity contribution is -0.139. The maximum Gasteiger partial charge on any atom is 0.184 e. The minimum atomic E-state index is -1.31. The van der Waals surface area contributed by atoms with Crippen LogP contribution in [0, 0.1) is 0 Å². The monoisotopic (exact) mass is 192 g/mol. The van der Waals surface area contributed by atoms with Crippen molar-refractivity contribution in [3.63, 3.8) is 0 Å². The maximum absolute atomic E-state index is 9.33. The second-order valence-corrected chi connectivity index (χ2v) is 3.43. The fourth-order valence-electron chi connectivity index (χ4n) is 1.15. The molecule has 13 heavy (non-hydrogen) atoms. The predicted molar refractivity (Wildman–Crippen MR) is 44.0 cm³/mol. The van der Waals surface area contributed by atoms with E-state index in [4.69, 9.17) is 19.7 Å². The smallest absolute Gasteiger partial charge is 0.184 e. The Kier molecular flexibility index (Phi) is 3.63. The van der Waals surface area contributed by atoms with Crippen LogP contribution < -0.4 is 0 Å². The van der Waals surface area contributed by atoms with Crippen LogP contribution in [0.1, 0.15) is 13.8 Å². The molecule has 1 aliphatic rings. The van der Waals surface area contributed by atoms with E-state index in [0.29, 0.717) is 0 Å². The van der Waals surface area contributed by atoms with Crippen LogP contribution in [-0.4, -0.2) is 52.6 Å². The van der Waals surface area contributed by atoms with Crippen molar-refractivity contribution < 1.29 is 24.8 Å². The Morgan fingerprint density at radius 3 is 2.23 bits per heavy atom. The average Bonchev–Trinajstić information content (AvgIpc) is 2.29. The summed E-state index contributed by atoms with van der Waals surface area (Å²) in [5.74, 6) is 0. The van der Waals surface area contributed by atoms with Crippen molar-refractivity contribution in [2.24, 2.45) is 0 Å². The van der Waals surface area contributed by atoms with Crippen LogP contribution in [0.25, 0.3) is 0 Å². The quantitative estimate of drug-likeness (QED) is 0.526.